The lowest BCUT2D eigenvalue weighted by atomic mass is 10.1. The van der Waals surface area contributed by atoms with Crippen LogP contribution in [0.15, 0.2) is 54.6 Å². The van der Waals surface area contributed by atoms with Gasteiger partial charge in [0.25, 0.3) is 0 Å². The highest BCUT2D eigenvalue weighted by molar-refractivity contribution is 7.60. The van der Waals surface area contributed by atoms with Gasteiger partial charge in [0.1, 0.15) is 5.69 Å². The number of amides is 2. The molecule has 0 bridgehead atoms. The maximum absolute atomic E-state index is 12.4. The van der Waals surface area contributed by atoms with Crippen LogP contribution in [0.1, 0.15) is 20.7 Å². The second-order valence-electron chi connectivity index (χ2n) is 4.10. The molecular weight excluding hydrogens is 246 g/mol. The van der Waals surface area contributed by atoms with Crippen molar-refractivity contribution in [2.24, 2.45) is 0 Å². The van der Waals surface area contributed by atoms with Crippen molar-refractivity contribution in [3.8, 4) is 0 Å². The predicted molar refractivity (Wildman–Crippen MR) is 70.7 cm³/mol. The Labute approximate surface area is 110 Å². The fourth-order valence-electron chi connectivity index (χ4n) is 2.16. The summed E-state index contributed by atoms with van der Waals surface area (Å²) < 4.78 is -0.722. The van der Waals surface area contributed by atoms with Crippen molar-refractivity contribution in [1.82, 2.24) is 3.89 Å². The summed E-state index contributed by atoms with van der Waals surface area (Å²) >= 11 is 5.32. The zero-order valence-electron chi connectivity index (χ0n) is 9.37. The normalized spacial score (nSPS) is 16.7. The Morgan fingerprint density at radius 2 is 1.17 bits per heavy atom. The third kappa shape index (κ3) is 1.30. The molecule has 0 atom stereocenters. The van der Waals surface area contributed by atoms with E-state index in [0.29, 0.717) is 16.8 Å². The van der Waals surface area contributed by atoms with Crippen molar-refractivity contribution in [3.63, 3.8) is 0 Å². The van der Waals surface area contributed by atoms with Crippen LogP contribution in [0.5, 0.6) is 0 Å². The van der Waals surface area contributed by atoms with E-state index in [1.807, 2.05) is 6.07 Å². The van der Waals surface area contributed by atoms with E-state index < -0.39 is 3.89 Å². The molecule has 2 aromatic carbocycles. The zero-order chi connectivity index (χ0) is 12.8. The summed E-state index contributed by atoms with van der Waals surface area (Å²) in [5.74, 6) is -0.700. The number of hydrogen-bond acceptors (Lipinski definition) is 3. The lowest BCUT2D eigenvalue weighted by Gasteiger charge is -2.33. The highest BCUT2D eigenvalue weighted by Gasteiger charge is 2.46. The van der Waals surface area contributed by atoms with Crippen molar-refractivity contribution >= 4 is 30.3 Å². The summed E-state index contributed by atoms with van der Waals surface area (Å²) in [6, 6.07) is 15.5. The lowest BCUT2D eigenvalue weighted by molar-refractivity contribution is 0.0781. The minimum absolute atomic E-state index is 0.350. The van der Waals surface area contributed by atoms with Crippen molar-refractivity contribution in [2.45, 2.75) is 0 Å². The van der Waals surface area contributed by atoms with Gasteiger partial charge in [0.15, 0.2) is 0 Å². The average molecular weight is 255 g/mol. The van der Waals surface area contributed by atoms with Gasteiger partial charge in [-0.15, -0.1) is 0 Å². The van der Waals surface area contributed by atoms with E-state index in [-0.39, 0.29) is 11.8 Å². The number of nitrogens with zero attached hydrogens (tertiary/aromatic N) is 1. The molecule has 0 N–H and O–H groups in total. The maximum atomic E-state index is 12.4. The number of imide groups is 1. The first kappa shape index (κ1) is 11.2. The quantitative estimate of drug-likeness (QED) is 0.446. The monoisotopic (exact) mass is 255 g/mol. The summed E-state index contributed by atoms with van der Waals surface area (Å²) in [4.78, 5) is 24.8. The fraction of sp³-hybridized carbons (Fsp3) is 0. The molecule has 2 amide bonds. The van der Waals surface area contributed by atoms with Crippen LogP contribution in [0.3, 0.4) is 0 Å². The van der Waals surface area contributed by atoms with Gasteiger partial charge in [-0.05, 0) is 24.3 Å². The molecule has 0 fully saturated rings. The zero-order valence-corrected chi connectivity index (χ0v) is 10.2. The van der Waals surface area contributed by atoms with Crippen LogP contribution in [-0.4, -0.2) is 11.8 Å². The number of quaternary nitrogens is 1. The standard InChI is InChI=1S/C14H9NO2S/c16-13-11-8-4-5-9-12(11)14(17)15(13,18)10-6-2-1-3-7-10/h1-9H. The Hall–Kier alpha value is -1.91. The van der Waals surface area contributed by atoms with Crippen LogP contribution in [0.2, 0.25) is 0 Å². The Kier molecular flexibility index (Phi) is 2.36. The number of benzene rings is 2. The van der Waals surface area contributed by atoms with Crippen LogP contribution in [0.4, 0.5) is 5.69 Å². The Morgan fingerprint density at radius 3 is 1.67 bits per heavy atom. The first-order valence-electron chi connectivity index (χ1n) is 5.50. The van der Waals surface area contributed by atoms with Crippen LogP contribution >= 0.6 is 0 Å². The molecule has 0 aliphatic carbocycles. The molecule has 0 unspecified atom stereocenters. The largest absolute Gasteiger partial charge is 0.469 e. The molecule has 1 heterocycles. The number of fused-ring (bicyclic) bond motifs is 1. The van der Waals surface area contributed by atoms with Crippen molar-refractivity contribution in [1.29, 1.82) is 0 Å². The van der Waals surface area contributed by atoms with Gasteiger partial charge in [-0.25, -0.2) is 9.59 Å². The number of carbonyl (C=O) groups is 2. The third-order valence-electron chi connectivity index (χ3n) is 3.08. The van der Waals surface area contributed by atoms with E-state index in [0.717, 1.165) is 0 Å². The number of rotatable bonds is 1. The van der Waals surface area contributed by atoms with Gasteiger partial charge in [0.2, 0.25) is 0 Å². The first-order chi connectivity index (χ1) is 8.65. The van der Waals surface area contributed by atoms with Crippen molar-refractivity contribution in [3.05, 3.63) is 65.7 Å². The van der Waals surface area contributed by atoms with Gasteiger partial charge in [0.05, 0.1) is 11.1 Å². The van der Waals surface area contributed by atoms with Gasteiger partial charge in [-0.2, -0.15) is 0 Å². The molecule has 1 aliphatic heterocycles. The first-order valence-corrected chi connectivity index (χ1v) is 5.86. The Morgan fingerprint density at radius 1 is 0.722 bits per heavy atom. The van der Waals surface area contributed by atoms with E-state index in [2.05, 4.69) is 0 Å². The molecule has 3 rings (SSSR count). The van der Waals surface area contributed by atoms with Gasteiger partial charge in [-0.3, -0.25) is 3.89 Å². The van der Waals surface area contributed by atoms with E-state index in [1.165, 1.54) is 0 Å². The van der Waals surface area contributed by atoms with Gasteiger partial charge in [0, 0.05) is 0 Å². The number of para-hydroxylation sites is 1. The molecule has 0 saturated carbocycles. The third-order valence-corrected chi connectivity index (χ3v) is 3.62. The Bertz CT molecular complexity index is 617. The molecule has 0 radical (unpaired) electrons. The maximum Gasteiger partial charge on any atom is 0.341 e. The van der Waals surface area contributed by atoms with Crippen LogP contribution in [0, 0.1) is 0 Å². The number of hydrogen-bond donors (Lipinski definition) is 0. The van der Waals surface area contributed by atoms with E-state index in [4.69, 9.17) is 12.8 Å². The Balaban J connectivity index is 2.23. The molecule has 18 heavy (non-hydrogen) atoms. The lowest BCUT2D eigenvalue weighted by Crippen LogP contribution is -2.48. The summed E-state index contributed by atoms with van der Waals surface area (Å²) in [5.41, 5.74) is 1.32. The summed E-state index contributed by atoms with van der Waals surface area (Å²) in [6.45, 7) is 0. The van der Waals surface area contributed by atoms with Crippen LogP contribution in [0.25, 0.3) is 0 Å². The van der Waals surface area contributed by atoms with Crippen molar-refractivity contribution in [2.75, 3.05) is 0 Å². The van der Waals surface area contributed by atoms with E-state index in [1.54, 1.807) is 48.5 Å². The van der Waals surface area contributed by atoms with Gasteiger partial charge in [-0.1, -0.05) is 30.3 Å². The highest BCUT2D eigenvalue weighted by atomic mass is 32.1. The molecule has 0 saturated heterocycles. The predicted octanol–water partition coefficient (Wildman–Crippen LogP) is 2.45. The molecular formula is C14H9NO2S. The molecule has 0 aromatic heterocycles. The second-order valence-corrected chi connectivity index (χ2v) is 4.65. The molecule has 4 heteroatoms. The molecule has 3 nitrogen and oxygen atoms in total. The average Bonchev–Trinajstić information content (AvgIpc) is 2.64. The SMILES string of the molecule is O=C1c2ccccc2C(=O)[N+]1([S-])c1ccccc1. The topological polar surface area (TPSA) is 34.1 Å². The molecule has 2 aromatic rings. The molecule has 88 valence electrons. The van der Waals surface area contributed by atoms with E-state index in [9.17, 15) is 9.59 Å². The highest BCUT2D eigenvalue weighted by Crippen LogP contribution is 2.34. The second kappa shape index (κ2) is 3.80. The summed E-state index contributed by atoms with van der Waals surface area (Å²) in [7, 11) is 0. The van der Waals surface area contributed by atoms with Crippen molar-refractivity contribution < 1.29 is 9.59 Å². The van der Waals surface area contributed by atoms with Gasteiger partial charge >= 0.3 is 11.8 Å². The van der Waals surface area contributed by atoms with Gasteiger partial charge < -0.3 is 12.8 Å². The minimum atomic E-state index is -0.722. The smallest absolute Gasteiger partial charge is 0.341 e. The van der Waals surface area contributed by atoms with Crippen LogP contribution < -0.4 is 3.89 Å². The molecule has 1 aliphatic rings. The van der Waals surface area contributed by atoms with Crippen LogP contribution in [-0.2, 0) is 12.8 Å². The molecule has 0 spiro atoms. The summed E-state index contributed by atoms with van der Waals surface area (Å²) in [5, 5.41) is 0. The summed E-state index contributed by atoms with van der Waals surface area (Å²) in [6.07, 6.45) is 0. The number of carbonyl (C=O) groups excluding carboxylic acids is 2. The fourth-order valence-corrected chi connectivity index (χ4v) is 2.48. The van der Waals surface area contributed by atoms with E-state index >= 15 is 0 Å². The minimum Gasteiger partial charge on any atom is -0.469 e.